The lowest BCUT2D eigenvalue weighted by Crippen LogP contribution is -2.41. The molecule has 0 aliphatic carbocycles. The molecule has 0 spiro atoms. The monoisotopic (exact) mass is 310 g/mol. The lowest BCUT2D eigenvalue weighted by molar-refractivity contribution is 0.00578. The number of aromatic amines is 1. The molecule has 1 aliphatic heterocycles. The van der Waals surface area contributed by atoms with Crippen molar-refractivity contribution in [3.8, 4) is 0 Å². The largest absolute Gasteiger partial charge is 0.491 e. The molecule has 2 N–H and O–H groups in total. The van der Waals surface area contributed by atoms with Crippen LogP contribution in [-0.4, -0.2) is 45.3 Å². The van der Waals surface area contributed by atoms with E-state index < -0.39 is 24.3 Å². The Morgan fingerprint density at radius 3 is 2.48 bits per heavy atom. The first-order valence-corrected chi connectivity index (χ1v) is 7.25. The van der Waals surface area contributed by atoms with Crippen LogP contribution in [0.25, 0.3) is 6.08 Å². The van der Waals surface area contributed by atoms with E-state index in [1.54, 1.807) is 6.08 Å². The molecule has 114 valence electrons. The van der Waals surface area contributed by atoms with Crippen LogP contribution in [0.4, 0.5) is 0 Å². The molecule has 0 radical (unpaired) electrons. The van der Waals surface area contributed by atoms with Crippen LogP contribution >= 0.6 is 12.6 Å². The van der Waals surface area contributed by atoms with Crippen LogP contribution < -0.4 is 0 Å². The van der Waals surface area contributed by atoms with Crippen LogP contribution in [0.2, 0.25) is 0 Å². The number of nitrogens with one attached hydrogen (secondary N) is 1. The van der Waals surface area contributed by atoms with Crippen molar-refractivity contribution in [3.05, 3.63) is 22.9 Å². The minimum atomic E-state index is -1.06. The van der Waals surface area contributed by atoms with Crippen molar-refractivity contribution < 1.29 is 19.2 Å². The van der Waals surface area contributed by atoms with Crippen molar-refractivity contribution in [1.82, 2.24) is 10.2 Å². The Morgan fingerprint density at radius 2 is 2.00 bits per heavy atom. The van der Waals surface area contributed by atoms with E-state index in [1.165, 1.54) is 6.20 Å². The van der Waals surface area contributed by atoms with Crippen LogP contribution in [0.15, 0.2) is 11.7 Å². The fourth-order valence-corrected chi connectivity index (χ4v) is 2.20. The number of carbonyl (C=O) groups is 1. The summed E-state index contributed by atoms with van der Waals surface area (Å²) < 4.78 is 11.9. The average molecular weight is 310 g/mol. The Morgan fingerprint density at radius 1 is 1.43 bits per heavy atom. The van der Waals surface area contributed by atoms with Gasteiger partial charge in [0.25, 0.3) is 0 Å². The molecule has 0 atom stereocenters. The van der Waals surface area contributed by atoms with E-state index in [9.17, 15) is 4.79 Å². The van der Waals surface area contributed by atoms with Gasteiger partial charge in [-0.25, -0.2) is 4.79 Å². The van der Waals surface area contributed by atoms with Gasteiger partial charge in [0.2, 0.25) is 0 Å². The lowest BCUT2D eigenvalue weighted by Gasteiger charge is -2.32. The van der Waals surface area contributed by atoms with Crippen molar-refractivity contribution in [2.45, 2.75) is 38.9 Å². The molecule has 0 aromatic carbocycles. The summed E-state index contributed by atoms with van der Waals surface area (Å²) in [5.74, 6) is -0.674. The predicted molar refractivity (Wildman–Crippen MR) is 83.5 cm³/mol. The van der Waals surface area contributed by atoms with Crippen LogP contribution in [0.1, 0.15) is 43.7 Å². The van der Waals surface area contributed by atoms with Gasteiger partial charge in [0.05, 0.1) is 17.4 Å². The molecule has 1 fully saturated rings. The second-order valence-electron chi connectivity index (χ2n) is 5.97. The van der Waals surface area contributed by atoms with Crippen molar-refractivity contribution in [1.29, 1.82) is 0 Å². The third-order valence-corrected chi connectivity index (χ3v) is 4.33. The molecule has 2 rings (SSSR count). The molecular weight excluding hydrogens is 291 g/mol. The topological polar surface area (TPSA) is 84.4 Å². The summed E-state index contributed by atoms with van der Waals surface area (Å²) in [7, 11) is -0.552. The van der Waals surface area contributed by atoms with Gasteiger partial charge in [-0.15, -0.1) is 0 Å². The summed E-state index contributed by atoms with van der Waals surface area (Å²) in [5.41, 5.74) is 0.352. The molecule has 0 bridgehead atoms. The molecule has 8 heteroatoms. The lowest BCUT2D eigenvalue weighted by atomic mass is 9.78. The highest BCUT2D eigenvalue weighted by molar-refractivity contribution is 7.80. The summed E-state index contributed by atoms with van der Waals surface area (Å²) in [6, 6.07) is 0. The van der Waals surface area contributed by atoms with Crippen LogP contribution in [0.5, 0.6) is 0 Å². The smallest absolute Gasteiger partial charge is 0.477 e. The van der Waals surface area contributed by atoms with Crippen molar-refractivity contribution in [3.63, 3.8) is 0 Å². The van der Waals surface area contributed by atoms with Gasteiger partial charge in [-0.1, -0.05) is 6.08 Å². The van der Waals surface area contributed by atoms with Crippen LogP contribution in [0, 0.1) is 0 Å². The Bertz CT molecular complexity index is 566. The van der Waals surface area contributed by atoms with E-state index in [2.05, 4.69) is 22.8 Å². The van der Waals surface area contributed by atoms with Crippen LogP contribution in [-0.2, 0) is 9.31 Å². The maximum absolute atomic E-state index is 11.1. The van der Waals surface area contributed by atoms with E-state index >= 15 is 0 Å². The number of carboxylic acids is 1. The fraction of sp³-hybridized carbons (Fsp3) is 0.538. The normalized spacial score (nSPS) is 20.8. The van der Waals surface area contributed by atoms with Crippen molar-refractivity contribution in [2.24, 2.45) is 0 Å². The number of aromatic nitrogens is 2. The standard InChI is InChI=1S/C13H19BN2O4S/c1-12(2)13(3,4)20-14(19-12)9(7-21)5-8-6-15-16-10(8)11(17)18/h5-6,21H,7H2,1-4H3,(H,15,16)(H,17,18). The zero-order valence-electron chi connectivity index (χ0n) is 12.5. The third kappa shape index (κ3) is 3.02. The molecule has 1 aromatic rings. The number of rotatable bonds is 4. The molecule has 0 amide bonds. The number of aromatic carboxylic acids is 1. The Kier molecular flexibility index (Phi) is 4.23. The molecule has 21 heavy (non-hydrogen) atoms. The third-order valence-electron chi connectivity index (χ3n) is 3.96. The molecule has 6 nitrogen and oxygen atoms in total. The quantitative estimate of drug-likeness (QED) is 0.585. The summed E-state index contributed by atoms with van der Waals surface area (Å²) in [6.45, 7) is 7.85. The predicted octanol–water partition coefficient (Wildman–Crippen LogP) is 2.05. The van der Waals surface area contributed by atoms with E-state index in [0.29, 0.717) is 11.3 Å². The fourth-order valence-electron chi connectivity index (χ4n) is 1.96. The van der Waals surface area contributed by atoms with E-state index in [1.807, 2.05) is 27.7 Å². The molecule has 1 aliphatic rings. The summed E-state index contributed by atoms with van der Waals surface area (Å²) in [4.78, 5) is 11.1. The molecule has 2 heterocycles. The van der Waals surface area contributed by atoms with Gasteiger partial charge >= 0.3 is 13.1 Å². The summed E-state index contributed by atoms with van der Waals surface area (Å²) in [5, 5.41) is 15.3. The second-order valence-corrected chi connectivity index (χ2v) is 6.29. The van der Waals surface area contributed by atoms with Gasteiger partial charge in [-0.2, -0.15) is 17.7 Å². The first-order chi connectivity index (χ1) is 9.68. The molecule has 0 unspecified atom stereocenters. The zero-order valence-corrected chi connectivity index (χ0v) is 13.4. The van der Waals surface area contributed by atoms with E-state index in [4.69, 9.17) is 14.4 Å². The van der Waals surface area contributed by atoms with Crippen molar-refractivity contribution in [2.75, 3.05) is 5.75 Å². The second kappa shape index (κ2) is 5.51. The summed E-state index contributed by atoms with van der Waals surface area (Å²) in [6.07, 6.45) is 3.15. The highest BCUT2D eigenvalue weighted by atomic mass is 32.1. The first kappa shape index (κ1) is 16.1. The van der Waals surface area contributed by atoms with Gasteiger partial charge in [-0.3, -0.25) is 5.10 Å². The highest BCUT2D eigenvalue weighted by Crippen LogP contribution is 2.39. The Balaban J connectivity index is 2.31. The highest BCUT2D eigenvalue weighted by Gasteiger charge is 2.52. The molecule has 1 aromatic heterocycles. The van der Waals surface area contributed by atoms with Crippen LogP contribution in [0.3, 0.4) is 0 Å². The SMILES string of the molecule is CC1(C)OB(C(=Cc2cn[nH]c2C(=O)O)CS)OC1(C)C. The molecular formula is C13H19BN2O4S. The number of carboxylic acid groups (broad SMARTS) is 1. The Labute approximate surface area is 129 Å². The maximum Gasteiger partial charge on any atom is 0.491 e. The van der Waals surface area contributed by atoms with Gasteiger partial charge < -0.3 is 14.4 Å². The van der Waals surface area contributed by atoms with Gasteiger partial charge in [0.1, 0.15) is 0 Å². The van der Waals surface area contributed by atoms with E-state index in [0.717, 1.165) is 5.47 Å². The van der Waals surface area contributed by atoms with Gasteiger partial charge in [0.15, 0.2) is 5.69 Å². The number of hydrogen-bond acceptors (Lipinski definition) is 5. The summed E-state index contributed by atoms with van der Waals surface area (Å²) >= 11 is 4.30. The number of H-pyrrole nitrogens is 1. The van der Waals surface area contributed by atoms with Gasteiger partial charge in [0, 0.05) is 11.3 Å². The molecule has 0 saturated carbocycles. The van der Waals surface area contributed by atoms with Crippen molar-refractivity contribution >= 4 is 31.8 Å². The molecule has 1 saturated heterocycles. The van der Waals surface area contributed by atoms with Gasteiger partial charge in [-0.05, 0) is 33.2 Å². The maximum atomic E-state index is 11.1. The minimum Gasteiger partial charge on any atom is -0.477 e. The average Bonchev–Trinajstić information content (AvgIpc) is 2.89. The minimum absolute atomic E-state index is 0.0331. The zero-order chi connectivity index (χ0) is 15.8. The number of thiol groups is 1. The number of hydrogen-bond donors (Lipinski definition) is 3. The first-order valence-electron chi connectivity index (χ1n) is 6.61. The Hall–Kier alpha value is -1.25. The van der Waals surface area contributed by atoms with E-state index in [-0.39, 0.29) is 5.69 Å². The number of nitrogens with zero attached hydrogens (tertiary/aromatic N) is 1.